The summed E-state index contributed by atoms with van der Waals surface area (Å²) >= 11 is 0. The van der Waals surface area contributed by atoms with Gasteiger partial charge in [0.05, 0.1) is 50.8 Å². The monoisotopic (exact) mass is 1080 g/mol. The zero-order chi connectivity index (χ0) is 54.4. The first kappa shape index (κ1) is 58.4. The van der Waals surface area contributed by atoms with Crippen molar-refractivity contribution in [1.82, 2.24) is 0 Å². The average molecular weight is 1080 g/mol. The molecule has 0 aromatic rings. The lowest BCUT2D eigenvalue weighted by molar-refractivity contribution is -0.394. The molecule has 0 bridgehead atoms. The maximum atomic E-state index is 12.4. The predicted octanol–water partition coefficient (Wildman–Crippen LogP) is -4.04. The van der Waals surface area contributed by atoms with E-state index >= 15 is 0 Å². The molecule has 75 heavy (non-hydrogen) atoms. The molecule has 0 aromatic carbocycles. The molecule has 8 fully saturated rings. The quantitative estimate of drug-likeness (QED) is 0.0694. The van der Waals surface area contributed by atoms with Crippen LogP contribution in [0.5, 0.6) is 0 Å². The summed E-state index contributed by atoms with van der Waals surface area (Å²) in [6.45, 7) is 7.84. The SMILES string of the molecule is C[C@H](CC[C@@]1(O)O[C@H]2C[C@H]3[C@@H]4CC=C5C[C@@H](O[C@@H]6O[C@H](CO)[C@@H](O)[C@H](O[C@@H]7O[C@H](CO)[C@@H](O)[C@H](O)[C@H]7O)[C@H]6O[C@@H]6O[C@@H](C)[C@H](O)[C@@H](O)[C@H]6O)C[C@@H](O)[C@]5(C)[C@H]4CC[C@]3(C)[C@H]2[C@@H]1C)CO[C@@H]1O[C@H](CO)[C@@H](O)[C@H](O)[C@H]1O. The number of rotatable bonds is 15. The second kappa shape index (κ2) is 22.6. The molecule has 4 aliphatic carbocycles. The summed E-state index contributed by atoms with van der Waals surface area (Å²) in [5, 5.41) is 161. The average Bonchev–Trinajstić information content (AvgIpc) is 3.88. The minimum Gasteiger partial charge on any atom is -0.394 e. The van der Waals surface area contributed by atoms with Gasteiger partial charge in [0.1, 0.15) is 91.6 Å². The largest absolute Gasteiger partial charge is 0.394 e. The van der Waals surface area contributed by atoms with Gasteiger partial charge in [0.25, 0.3) is 0 Å². The number of aliphatic hydroxyl groups excluding tert-OH is 14. The molecule has 9 rings (SSSR count). The van der Waals surface area contributed by atoms with Crippen molar-refractivity contribution in [2.75, 3.05) is 26.4 Å². The summed E-state index contributed by atoms with van der Waals surface area (Å²) in [6, 6.07) is 0. The van der Waals surface area contributed by atoms with Gasteiger partial charge in [-0.3, -0.25) is 0 Å². The predicted molar refractivity (Wildman–Crippen MR) is 252 cm³/mol. The van der Waals surface area contributed by atoms with Crippen molar-refractivity contribution in [2.24, 2.45) is 46.3 Å². The molecule has 0 amide bonds. The highest BCUT2D eigenvalue weighted by atomic mass is 16.8. The number of ether oxygens (including phenoxy) is 9. The Labute approximate surface area is 435 Å². The van der Waals surface area contributed by atoms with Crippen molar-refractivity contribution in [1.29, 1.82) is 0 Å². The van der Waals surface area contributed by atoms with Crippen LogP contribution >= 0.6 is 0 Å². The lowest BCUT2D eigenvalue weighted by Gasteiger charge is -2.60. The second-order valence-corrected chi connectivity index (χ2v) is 23.9. The normalized spacial score (nSPS) is 55.3. The first-order valence-electron chi connectivity index (χ1n) is 27.0. The number of aliphatic hydroxyl groups is 15. The van der Waals surface area contributed by atoms with Gasteiger partial charge in [-0.05, 0) is 80.5 Å². The third-order valence-electron chi connectivity index (χ3n) is 19.6. The van der Waals surface area contributed by atoms with E-state index in [0.29, 0.717) is 19.3 Å². The molecule has 5 saturated heterocycles. The van der Waals surface area contributed by atoms with Crippen molar-refractivity contribution in [2.45, 2.75) is 233 Å². The standard InChI is InChI=1S/C51H84O24/c1-19(18-67-45-40(63)38(61)34(57)28(15-52)70-45)8-11-51(66)20(2)32-27(75-51)14-26-24-7-6-22-12-23(13-31(55)50(22,5)25(24)9-10-49(26,32)4)69-48-44(74-46-41(64)37(60)33(56)21(3)68-46)43(36(59)30(17-54)72-48)73-47-42(65)39(62)35(58)29(16-53)71-47/h6,19-21,23-48,52-66H,7-18H2,1-5H3/t19-,20+,21+,23-,24-,25+,26+,27+,28-,29-,30-,31-,32+,33+,34-,35-,36-,37-,38+,39+,40-,41-,42-,43+,44-,45-,46+,47+,48-,49+,50+,51-/m1/s1. The van der Waals surface area contributed by atoms with E-state index in [9.17, 15) is 76.6 Å². The summed E-state index contributed by atoms with van der Waals surface area (Å²) in [5.74, 6) is -1.12. The number of allylic oxidation sites excluding steroid dienone is 1. The number of hydrogen-bond acceptors (Lipinski definition) is 24. The molecule has 0 radical (unpaired) electrons. The molecule has 24 nitrogen and oxygen atoms in total. The summed E-state index contributed by atoms with van der Waals surface area (Å²) in [5.41, 5.74) is 0.158. The molecule has 0 unspecified atom stereocenters. The van der Waals surface area contributed by atoms with Crippen LogP contribution in [0.15, 0.2) is 11.6 Å². The summed E-state index contributed by atoms with van der Waals surface area (Å²) in [4.78, 5) is 0. The summed E-state index contributed by atoms with van der Waals surface area (Å²) in [6.07, 6.45) is -26.7. The zero-order valence-electron chi connectivity index (χ0n) is 43.2. The van der Waals surface area contributed by atoms with Crippen LogP contribution < -0.4 is 0 Å². The van der Waals surface area contributed by atoms with E-state index in [1.807, 2.05) is 6.92 Å². The Morgan fingerprint density at radius 1 is 0.640 bits per heavy atom. The van der Waals surface area contributed by atoms with E-state index in [4.69, 9.17) is 42.6 Å². The van der Waals surface area contributed by atoms with E-state index in [2.05, 4.69) is 26.8 Å². The van der Waals surface area contributed by atoms with Gasteiger partial charge in [0.2, 0.25) is 0 Å². The number of hydrogen-bond donors (Lipinski definition) is 15. The van der Waals surface area contributed by atoms with Crippen molar-refractivity contribution in [3.63, 3.8) is 0 Å². The molecule has 3 saturated carbocycles. The van der Waals surface area contributed by atoms with E-state index in [1.54, 1.807) is 0 Å². The molecule has 32 atom stereocenters. The fourth-order valence-corrected chi connectivity index (χ4v) is 15.0. The molecular formula is C51H84O24. The van der Waals surface area contributed by atoms with E-state index < -0.39 is 166 Å². The van der Waals surface area contributed by atoms with Crippen molar-refractivity contribution < 1.29 is 119 Å². The Hall–Kier alpha value is -1.22. The Morgan fingerprint density at radius 2 is 1.20 bits per heavy atom. The zero-order valence-corrected chi connectivity index (χ0v) is 43.2. The molecule has 0 spiro atoms. The van der Waals surface area contributed by atoms with E-state index in [1.165, 1.54) is 6.92 Å². The lowest BCUT2D eigenvalue weighted by atomic mass is 9.46. The maximum absolute atomic E-state index is 12.4. The van der Waals surface area contributed by atoms with Gasteiger partial charge in [0, 0.05) is 24.2 Å². The molecule has 432 valence electrons. The Kier molecular flexibility index (Phi) is 17.6. The van der Waals surface area contributed by atoms with Gasteiger partial charge in [-0.15, -0.1) is 0 Å². The van der Waals surface area contributed by atoms with Crippen LogP contribution in [0.3, 0.4) is 0 Å². The molecule has 9 aliphatic rings. The van der Waals surface area contributed by atoms with Crippen LogP contribution in [0.1, 0.15) is 86.0 Å². The van der Waals surface area contributed by atoms with Gasteiger partial charge in [-0.25, -0.2) is 0 Å². The highest BCUT2D eigenvalue weighted by molar-refractivity contribution is 5.28. The minimum atomic E-state index is -1.92. The Balaban J connectivity index is 0.878. The molecule has 15 N–H and O–H groups in total. The van der Waals surface area contributed by atoms with Gasteiger partial charge in [0.15, 0.2) is 30.9 Å². The van der Waals surface area contributed by atoms with Crippen LogP contribution in [0.4, 0.5) is 0 Å². The third-order valence-corrected chi connectivity index (χ3v) is 19.6. The Morgan fingerprint density at radius 3 is 1.84 bits per heavy atom. The first-order valence-corrected chi connectivity index (χ1v) is 27.0. The molecular weight excluding hydrogens is 997 g/mol. The minimum absolute atomic E-state index is 0.0680. The topological polar surface area (TPSA) is 387 Å². The summed E-state index contributed by atoms with van der Waals surface area (Å²) in [7, 11) is 0. The number of fused-ring (bicyclic) bond motifs is 7. The molecule has 5 aliphatic heterocycles. The van der Waals surface area contributed by atoms with Crippen LogP contribution in [0.25, 0.3) is 0 Å². The van der Waals surface area contributed by atoms with Crippen LogP contribution in [-0.2, 0) is 42.6 Å². The smallest absolute Gasteiger partial charge is 0.187 e. The first-order chi connectivity index (χ1) is 35.4. The second-order valence-electron chi connectivity index (χ2n) is 23.9. The lowest BCUT2D eigenvalue weighted by Crippen LogP contribution is -2.67. The molecule has 5 heterocycles. The highest BCUT2D eigenvalue weighted by Gasteiger charge is 2.69. The fraction of sp³-hybridized carbons (Fsp3) is 0.961. The van der Waals surface area contributed by atoms with Gasteiger partial charge < -0.3 is 119 Å². The van der Waals surface area contributed by atoms with Crippen LogP contribution in [0, 0.1) is 46.3 Å². The summed E-state index contributed by atoms with van der Waals surface area (Å²) < 4.78 is 54.4. The maximum Gasteiger partial charge on any atom is 0.187 e. The fourth-order valence-electron chi connectivity index (χ4n) is 15.0. The van der Waals surface area contributed by atoms with Crippen molar-refractivity contribution in [3.05, 3.63) is 11.6 Å². The van der Waals surface area contributed by atoms with E-state index in [0.717, 1.165) is 31.3 Å². The molecule has 24 heteroatoms. The van der Waals surface area contributed by atoms with Gasteiger partial charge in [-0.2, -0.15) is 0 Å². The van der Waals surface area contributed by atoms with Gasteiger partial charge >= 0.3 is 0 Å². The van der Waals surface area contributed by atoms with Crippen LogP contribution in [-0.4, -0.2) is 250 Å². The van der Waals surface area contributed by atoms with Crippen molar-refractivity contribution in [3.8, 4) is 0 Å². The van der Waals surface area contributed by atoms with E-state index in [-0.39, 0.29) is 60.1 Å². The third kappa shape index (κ3) is 10.3. The van der Waals surface area contributed by atoms with Gasteiger partial charge in [-0.1, -0.05) is 39.3 Å². The highest BCUT2D eigenvalue weighted by Crippen LogP contribution is 2.70. The molecule has 0 aromatic heterocycles. The Bertz CT molecular complexity index is 1950. The van der Waals surface area contributed by atoms with Crippen molar-refractivity contribution >= 4 is 0 Å². The van der Waals surface area contributed by atoms with Crippen LogP contribution in [0.2, 0.25) is 0 Å².